The lowest BCUT2D eigenvalue weighted by Crippen LogP contribution is -2.17. The molecule has 0 spiro atoms. The summed E-state index contributed by atoms with van der Waals surface area (Å²) in [6.45, 7) is 3.90. The summed E-state index contributed by atoms with van der Waals surface area (Å²) in [5.41, 5.74) is 0.454. The topological polar surface area (TPSA) is 72.8 Å². The molecule has 0 aliphatic rings. The van der Waals surface area contributed by atoms with Crippen molar-refractivity contribution in [3.8, 4) is 0 Å². The number of carboxylic acids is 1. The predicted molar refractivity (Wildman–Crippen MR) is 68.3 cm³/mol. The molecular formula is C12H17O5P. The Bertz CT molecular complexity index is 448. The lowest BCUT2D eigenvalue weighted by atomic mass is 10.1. The van der Waals surface area contributed by atoms with Crippen molar-refractivity contribution in [1.82, 2.24) is 0 Å². The largest absolute Gasteiger partial charge is 0.481 e. The Morgan fingerprint density at radius 3 is 2.28 bits per heavy atom. The molecule has 1 rings (SSSR count). The third-order valence-corrected chi connectivity index (χ3v) is 4.45. The minimum Gasteiger partial charge on any atom is -0.481 e. The van der Waals surface area contributed by atoms with Crippen molar-refractivity contribution in [2.45, 2.75) is 20.3 Å². The maximum absolute atomic E-state index is 12.6. The van der Waals surface area contributed by atoms with E-state index in [1.54, 1.807) is 38.1 Å². The summed E-state index contributed by atoms with van der Waals surface area (Å²) in [6.07, 6.45) is -0.208. The van der Waals surface area contributed by atoms with E-state index in [9.17, 15) is 9.36 Å². The molecule has 0 amide bonds. The van der Waals surface area contributed by atoms with Gasteiger partial charge in [-0.25, -0.2) is 0 Å². The van der Waals surface area contributed by atoms with Crippen LogP contribution in [0.5, 0.6) is 0 Å². The molecule has 100 valence electrons. The van der Waals surface area contributed by atoms with Gasteiger partial charge in [-0.05, 0) is 25.5 Å². The zero-order valence-corrected chi connectivity index (χ0v) is 11.4. The Labute approximate surface area is 106 Å². The number of carbonyl (C=O) groups is 1. The Kier molecular flexibility index (Phi) is 5.54. The fourth-order valence-corrected chi connectivity index (χ4v) is 3.41. The van der Waals surface area contributed by atoms with Gasteiger partial charge in [0.05, 0.1) is 24.9 Å². The van der Waals surface area contributed by atoms with E-state index in [1.807, 2.05) is 0 Å². The molecule has 1 aromatic carbocycles. The van der Waals surface area contributed by atoms with Gasteiger partial charge in [0.15, 0.2) is 0 Å². The van der Waals surface area contributed by atoms with Crippen molar-refractivity contribution >= 4 is 18.9 Å². The van der Waals surface area contributed by atoms with Crippen LogP contribution in [0, 0.1) is 0 Å². The van der Waals surface area contributed by atoms with Gasteiger partial charge in [-0.3, -0.25) is 9.36 Å². The highest BCUT2D eigenvalue weighted by molar-refractivity contribution is 7.62. The summed E-state index contributed by atoms with van der Waals surface area (Å²) >= 11 is 0. The first-order valence-electron chi connectivity index (χ1n) is 5.73. The second-order valence-electron chi connectivity index (χ2n) is 3.53. The van der Waals surface area contributed by atoms with Gasteiger partial charge in [-0.2, -0.15) is 0 Å². The van der Waals surface area contributed by atoms with Crippen LogP contribution < -0.4 is 5.30 Å². The molecule has 0 radical (unpaired) electrons. The minimum atomic E-state index is -3.43. The first kappa shape index (κ1) is 14.9. The van der Waals surface area contributed by atoms with Crippen LogP contribution in [0.25, 0.3) is 0 Å². The molecule has 5 nitrogen and oxygen atoms in total. The zero-order chi connectivity index (χ0) is 13.6. The number of hydrogen-bond acceptors (Lipinski definition) is 4. The fraction of sp³-hybridized carbons (Fsp3) is 0.417. The maximum atomic E-state index is 12.6. The Morgan fingerprint density at radius 1 is 1.22 bits per heavy atom. The average Bonchev–Trinajstić information content (AvgIpc) is 2.29. The van der Waals surface area contributed by atoms with E-state index < -0.39 is 13.6 Å². The number of aliphatic carboxylic acids is 1. The number of benzene rings is 1. The minimum absolute atomic E-state index is 0.208. The second kappa shape index (κ2) is 6.69. The Morgan fingerprint density at radius 2 is 1.78 bits per heavy atom. The van der Waals surface area contributed by atoms with Gasteiger partial charge in [-0.1, -0.05) is 18.2 Å². The first-order chi connectivity index (χ1) is 8.53. The van der Waals surface area contributed by atoms with Crippen molar-refractivity contribution in [3.63, 3.8) is 0 Å². The number of rotatable bonds is 7. The molecule has 0 aliphatic heterocycles. The average molecular weight is 272 g/mol. The lowest BCUT2D eigenvalue weighted by molar-refractivity contribution is -0.136. The first-order valence-corrected chi connectivity index (χ1v) is 7.27. The molecule has 0 unspecified atom stereocenters. The normalized spacial score (nSPS) is 11.4. The van der Waals surface area contributed by atoms with Gasteiger partial charge in [0.1, 0.15) is 0 Å². The van der Waals surface area contributed by atoms with Gasteiger partial charge < -0.3 is 14.2 Å². The van der Waals surface area contributed by atoms with Crippen LogP contribution in [-0.4, -0.2) is 24.3 Å². The molecule has 1 N–H and O–H groups in total. The van der Waals surface area contributed by atoms with Crippen molar-refractivity contribution < 1.29 is 23.5 Å². The third-order valence-electron chi connectivity index (χ3n) is 2.23. The molecule has 0 saturated carbocycles. The van der Waals surface area contributed by atoms with Crippen molar-refractivity contribution in [2.24, 2.45) is 0 Å². The van der Waals surface area contributed by atoms with E-state index in [-0.39, 0.29) is 19.6 Å². The van der Waals surface area contributed by atoms with E-state index in [1.165, 1.54) is 0 Å². The third kappa shape index (κ3) is 3.67. The lowest BCUT2D eigenvalue weighted by Gasteiger charge is -2.19. The highest BCUT2D eigenvalue weighted by Crippen LogP contribution is 2.47. The van der Waals surface area contributed by atoms with Gasteiger partial charge in [0.25, 0.3) is 0 Å². The molecule has 18 heavy (non-hydrogen) atoms. The highest BCUT2D eigenvalue weighted by atomic mass is 31.2. The molecule has 0 atom stereocenters. The molecule has 0 aliphatic carbocycles. The second-order valence-corrected chi connectivity index (χ2v) is 5.53. The molecular weight excluding hydrogens is 255 g/mol. The van der Waals surface area contributed by atoms with Crippen LogP contribution in [0.2, 0.25) is 0 Å². The van der Waals surface area contributed by atoms with E-state index in [0.717, 1.165) is 0 Å². The quantitative estimate of drug-likeness (QED) is 0.770. The zero-order valence-electron chi connectivity index (χ0n) is 10.5. The number of carboxylic acid groups (broad SMARTS) is 1. The predicted octanol–water partition coefficient (Wildman–Crippen LogP) is 2.21. The molecule has 6 heteroatoms. The van der Waals surface area contributed by atoms with E-state index in [4.69, 9.17) is 14.2 Å². The summed E-state index contributed by atoms with van der Waals surface area (Å²) in [5.74, 6) is -0.984. The van der Waals surface area contributed by atoms with E-state index >= 15 is 0 Å². The molecule has 0 saturated heterocycles. The van der Waals surface area contributed by atoms with Gasteiger partial charge in [0.2, 0.25) is 0 Å². The van der Waals surface area contributed by atoms with Crippen LogP contribution in [-0.2, 0) is 24.8 Å². The summed E-state index contributed by atoms with van der Waals surface area (Å²) in [6, 6.07) is 6.59. The molecule has 0 bridgehead atoms. The monoisotopic (exact) mass is 272 g/mol. The van der Waals surface area contributed by atoms with Crippen LogP contribution in [0.15, 0.2) is 24.3 Å². The van der Waals surface area contributed by atoms with Gasteiger partial charge >= 0.3 is 13.6 Å². The SMILES string of the molecule is CCOP(=O)(OCC)c1ccccc1CC(=O)O. The summed E-state index contributed by atoms with van der Waals surface area (Å²) in [7, 11) is -3.43. The molecule has 0 heterocycles. The smallest absolute Gasteiger partial charge is 0.361 e. The summed E-state index contributed by atoms with van der Waals surface area (Å²) in [5, 5.41) is 9.18. The van der Waals surface area contributed by atoms with E-state index in [0.29, 0.717) is 10.9 Å². The van der Waals surface area contributed by atoms with Crippen molar-refractivity contribution in [3.05, 3.63) is 29.8 Å². The highest BCUT2D eigenvalue weighted by Gasteiger charge is 2.29. The van der Waals surface area contributed by atoms with Crippen LogP contribution in [0.4, 0.5) is 0 Å². The standard InChI is InChI=1S/C12H17O5P/c1-3-16-18(15,17-4-2)11-8-6-5-7-10(11)9-12(13)14/h5-8H,3-4,9H2,1-2H3,(H,13,14). The van der Waals surface area contributed by atoms with E-state index in [2.05, 4.69) is 0 Å². The molecule has 0 aromatic heterocycles. The summed E-state index contributed by atoms with van der Waals surface area (Å²) < 4.78 is 23.0. The van der Waals surface area contributed by atoms with Crippen molar-refractivity contribution in [2.75, 3.05) is 13.2 Å². The Hall–Kier alpha value is -1.16. The fourth-order valence-electron chi connectivity index (χ4n) is 1.61. The molecule has 1 aromatic rings. The van der Waals surface area contributed by atoms with Crippen molar-refractivity contribution in [1.29, 1.82) is 0 Å². The van der Waals surface area contributed by atoms with Gasteiger partial charge in [0, 0.05) is 0 Å². The number of hydrogen-bond donors (Lipinski definition) is 1. The Balaban J connectivity index is 3.19. The summed E-state index contributed by atoms with van der Waals surface area (Å²) in [4.78, 5) is 10.8. The maximum Gasteiger partial charge on any atom is 0.361 e. The molecule has 0 fully saturated rings. The van der Waals surface area contributed by atoms with Crippen LogP contribution in [0.3, 0.4) is 0 Å². The van der Waals surface area contributed by atoms with Crippen LogP contribution in [0.1, 0.15) is 19.4 Å². The van der Waals surface area contributed by atoms with Gasteiger partial charge in [-0.15, -0.1) is 0 Å². The van der Waals surface area contributed by atoms with Crippen LogP contribution >= 0.6 is 7.60 Å².